The molecule has 1 N–H and O–H groups in total. The number of piperazine rings is 1. The van der Waals surface area contributed by atoms with E-state index in [2.05, 4.69) is 27.1 Å². The Morgan fingerprint density at radius 1 is 0.906 bits per heavy atom. The number of carbonyl (C=O) groups is 1. The molecule has 2 amide bonds. The first-order valence-electron chi connectivity index (χ1n) is 10.6. The number of hydrogen-bond acceptors (Lipinski definition) is 4. The van der Waals surface area contributed by atoms with Crippen LogP contribution in [0, 0.1) is 0 Å². The molecule has 0 aromatic heterocycles. The lowest BCUT2D eigenvalue weighted by Gasteiger charge is -2.34. The lowest BCUT2D eigenvalue weighted by molar-refractivity contribution is -0.153. The van der Waals surface area contributed by atoms with Crippen LogP contribution >= 0.6 is 0 Å². The van der Waals surface area contributed by atoms with Gasteiger partial charge in [-0.05, 0) is 42.3 Å². The number of nitrogens with one attached hydrogen (secondary N) is 1. The fraction of sp³-hybridized carbons (Fsp3) is 0.435. The molecule has 6 nitrogen and oxygen atoms in total. The molecule has 9 heteroatoms. The summed E-state index contributed by atoms with van der Waals surface area (Å²) >= 11 is 0. The summed E-state index contributed by atoms with van der Waals surface area (Å²) < 4.78 is 46.7. The van der Waals surface area contributed by atoms with Crippen LogP contribution in [-0.4, -0.2) is 61.4 Å². The molecule has 1 heterocycles. The quantitative estimate of drug-likeness (QED) is 0.658. The van der Waals surface area contributed by atoms with Crippen molar-refractivity contribution in [3.8, 4) is 11.5 Å². The number of amides is 2. The summed E-state index contributed by atoms with van der Waals surface area (Å²) in [7, 11) is 0. The zero-order valence-corrected chi connectivity index (χ0v) is 18.0. The third-order valence-corrected chi connectivity index (χ3v) is 5.07. The normalized spacial score (nSPS) is 14.8. The molecule has 0 unspecified atom stereocenters. The number of benzene rings is 2. The van der Waals surface area contributed by atoms with Gasteiger partial charge in [0, 0.05) is 39.3 Å². The van der Waals surface area contributed by atoms with Gasteiger partial charge in [0.15, 0.2) is 6.61 Å². The molecule has 0 atom stereocenters. The maximum Gasteiger partial charge on any atom is 0.422 e. The van der Waals surface area contributed by atoms with E-state index in [1.807, 2.05) is 19.1 Å². The summed E-state index contributed by atoms with van der Waals surface area (Å²) in [5.41, 5.74) is 1.99. The topological polar surface area (TPSA) is 54.0 Å². The molecule has 2 aromatic carbocycles. The van der Waals surface area contributed by atoms with Crippen molar-refractivity contribution < 1.29 is 27.4 Å². The highest BCUT2D eigenvalue weighted by atomic mass is 19.4. The minimum Gasteiger partial charge on any atom is -0.494 e. The van der Waals surface area contributed by atoms with Crippen LogP contribution in [0.3, 0.4) is 0 Å². The highest BCUT2D eigenvalue weighted by Crippen LogP contribution is 2.19. The average Bonchev–Trinajstić information content (AvgIpc) is 2.78. The van der Waals surface area contributed by atoms with Crippen LogP contribution in [0.5, 0.6) is 11.5 Å². The zero-order chi connectivity index (χ0) is 23.0. The minimum absolute atomic E-state index is 0.140. The maximum atomic E-state index is 12.4. The van der Waals surface area contributed by atoms with Crippen LogP contribution in [-0.2, 0) is 13.1 Å². The van der Waals surface area contributed by atoms with Crippen molar-refractivity contribution in [2.75, 3.05) is 39.4 Å². The van der Waals surface area contributed by atoms with Crippen LogP contribution < -0.4 is 14.8 Å². The molecule has 1 saturated heterocycles. The van der Waals surface area contributed by atoms with Crippen LogP contribution in [0.15, 0.2) is 48.5 Å². The monoisotopic (exact) mass is 451 g/mol. The van der Waals surface area contributed by atoms with E-state index in [1.165, 1.54) is 17.7 Å². The van der Waals surface area contributed by atoms with Gasteiger partial charge in [0.05, 0.1) is 6.61 Å². The van der Waals surface area contributed by atoms with Crippen molar-refractivity contribution >= 4 is 6.03 Å². The molecule has 1 aliphatic rings. The van der Waals surface area contributed by atoms with E-state index >= 15 is 0 Å². The van der Waals surface area contributed by atoms with Gasteiger partial charge < -0.3 is 19.7 Å². The van der Waals surface area contributed by atoms with Crippen molar-refractivity contribution in [1.29, 1.82) is 0 Å². The summed E-state index contributed by atoms with van der Waals surface area (Å²) in [5.74, 6) is 1.00. The van der Waals surface area contributed by atoms with E-state index in [9.17, 15) is 18.0 Å². The molecule has 174 valence electrons. The molecule has 0 radical (unpaired) electrons. The number of nitrogens with zero attached hydrogens (tertiary/aromatic N) is 2. The van der Waals surface area contributed by atoms with Gasteiger partial charge in [-0.2, -0.15) is 13.2 Å². The number of urea groups is 1. The van der Waals surface area contributed by atoms with E-state index in [-0.39, 0.29) is 11.8 Å². The number of halogens is 3. The minimum atomic E-state index is -4.37. The fourth-order valence-electron chi connectivity index (χ4n) is 3.38. The summed E-state index contributed by atoms with van der Waals surface area (Å²) in [4.78, 5) is 16.5. The van der Waals surface area contributed by atoms with Gasteiger partial charge in [0.25, 0.3) is 0 Å². The first-order chi connectivity index (χ1) is 15.3. The number of rotatable bonds is 8. The first-order valence-corrected chi connectivity index (χ1v) is 10.6. The van der Waals surface area contributed by atoms with Crippen LogP contribution in [0.25, 0.3) is 0 Å². The van der Waals surface area contributed by atoms with Gasteiger partial charge in [0.1, 0.15) is 11.5 Å². The van der Waals surface area contributed by atoms with Gasteiger partial charge in [-0.25, -0.2) is 4.79 Å². The molecule has 0 saturated carbocycles. The molecule has 3 rings (SSSR count). The third-order valence-electron chi connectivity index (χ3n) is 5.07. The Morgan fingerprint density at radius 2 is 1.47 bits per heavy atom. The Kier molecular flexibility index (Phi) is 8.21. The third kappa shape index (κ3) is 7.64. The summed E-state index contributed by atoms with van der Waals surface area (Å²) in [5, 5.41) is 2.86. The highest BCUT2D eigenvalue weighted by Gasteiger charge is 2.28. The Morgan fingerprint density at radius 3 is 2.03 bits per heavy atom. The Labute approximate surface area is 185 Å². The van der Waals surface area contributed by atoms with Crippen LogP contribution in [0.2, 0.25) is 0 Å². The molecule has 0 aliphatic carbocycles. The SMILES string of the molecule is CCOc1ccc(CN2CCN(C(=O)NCc3ccc(OCC(F)(F)F)cc3)CC2)cc1. The summed E-state index contributed by atoms with van der Waals surface area (Å²) in [6, 6.07) is 14.1. The molecule has 1 fully saturated rings. The van der Waals surface area contributed by atoms with Gasteiger partial charge in [0.2, 0.25) is 0 Å². The predicted octanol–water partition coefficient (Wildman–Crippen LogP) is 4.05. The second-order valence-corrected chi connectivity index (χ2v) is 7.55. The highest BCUT2D eigenvalue weighted by molar-refractivity contribution is 5.74. The van der Waals surface area contributed by atoms with Crippen molar-refractivity contribution in [2.24, 2.45) is 0 Å². The van der Waals surface area contributed by atoms with E-state index in [1.54, 1.807) is 17.0 Å². The van der Waals surface area contributed by atoms with Gasteiger partial charge in [-0.1, -0.05) is 24.3 Å². The fourth-order valence-corrected chi connectivity index (χ4v) is 3.38. The summed E-state index contributed by atoms with van der Waals surface area (Å²) in [6.07, 6.45) is -4.37. The van der Waals surface area contributed by atoms with Gasteiger partial charge in [-0.15, -0.1) is 0 Å². The molecule has 0 spiro atoms. The number of hydrogen-bond donors (Lipinski definition) is 1. The van der Waals surface area contributed by atoms with Crippen LogP contribution in [0.1, 0.15) is 18.1 Å². The first kappa shape index (κ1) is 23.7. The molecule has 2 aromatic rings. The number of alkyl halides is 3. The van der Waals surface area contributed by atoms with Crippen molar-refractivity contribution in [2.45, 2.75) is 26.2 Å². The zero-order valence-electron chi connectivity index (χ0n) is 18.0. The van der Waals surface area contributed by atoms with E-state index < -0.39 is 12.8 Å². The van der Waals surface area contributed by atoms with E-state index in [0.29, 0.717) is 26.2 Å². The standard InChI is InChI=1S/C23H28F3N3O3/c1-2-31-20-9-5-19(6-10-20)16-28-11-13-29(14-12-28)22(30)27-15-18-3-7-21(8-4-18)32-17-23(24,25)26/h3-10H,2,11-17H2,1H3,(H,27,30). The van der Waals surface area contributed by atoms with Crippen molar-refractivity contribution in [3.05, 3.63) is 59.7 Å². The number of ether oxygens (including phenoxy) is 2. The Hall–Kier alpha value is -2.94. The largest absolute Gasteiger partial charge is 0.494 e. The lowest BCUT2D eigenvalue weighted by Crippen LogP contribution is -2.51. The Bertz CT molecular complexity index is 850. The van der Waals surface area contributed by atoms with E-state index in [0.717, 1.165) is 30.9 Å². The molecular formula is C23H28F3N3O3. The average molecular weight is 451 g/mol. The molecular weight excluding hydrogens is 423 g/mol. The molecule has 32 heavy (non-hydrogen) atoms. The van der Waals surface area contributed by atoms with Crippen molar-refractivity contribution in [3.63, 3.8) is 0 Å². The van der Waals surface area contributed by atoms with Crippen LogP contribution in [0.4, 0.5) is 18.0 Å². The van der Waals surface area contributed by atoms with Gasteiger partial charge >= 0.3 is 12.2 Å². The molecule has 1 aliphatic heterocycles. The summed E-state index contributed by atoms with van der Waals surface area (Å²) in [6.45, 7) is 5.23. The maximum absolute atomic E-state index is 12.4. The number of carbonyl (C=O) groups excluding carboxylic acids is 1. The Balaban J connectivity index is 1.38. The predicted molar refractivity (Wildman–Crippen MR) is 115 cm³/mol. The smallest absolute Gasteiger partial charge is 0.422 e. The van der Waals surface area contributed by atoms with E-state index in [4.69, 9.17) is 4.74 Å². The van der Waals surface area contributed by atoms with Gasteiger partial charge in [-0.3, -0.25) is 4.90 Å². The second-order valence-electron chi connectivity index (χ2n) is 7.55. The lowest BCUT2D eigenvalue weighted by atomic mass is 10.2. The van der Waals surface area contributed by atoms with Crippen molar-refractivity contribution in [1.82, 2.24) is 15.1 Å². The second kappa shape index (κ2) is 11.1. The molecule has 0 bridgehead atoms.